The molecule has 0 bridgehead atoms. The predicted molar refractivity (Wildman–Crippen MR) is 130 cm³/mol. The number of carbonyl (C=O) groups is 1. The second kappa shape index (κ2) is 9.65. The fourth-order valence-electron chi connectivity index (χ4n) is 3.73. The molecular formula is C25H24Cl2N2O3. The standard InChI is InChI=1S/C25H22Cl2N2O3.H2/c1-16(18-5-7-22(8-6-18)32-15-30)28-25(31)23-13-21(27)12-19-9-10-29(24(19)23)14-17-3-2-4-20(26)11-17;/h2-13,16,30H,14-15H2,1H3,(H,28,31);1H/t16-;/m0./s1. The summed E-state index contributed by atoms with van der Waals surface area (Å²) in [4.78, 5) is 13.3. The van der Waals surface area contributed by atoms with E-state index in [9.17, 15) is 4.79 Å². The molecule has 0 saturated carbocycles. The molecular weight excluding hydrogens is 447 g/mol. The Balaban J connectivity index is 0.00000306. The smallest absolute Gasteiger partial charge is 0.253 e. The number of aliphatic hydroxyl groups excluding tert-OH is 1. The van der Waals surface area contributed by atoms with Gasteiger partial charge in [0.1, 0.15) is 5.75 Å². The molecule has 5 nitrogen and oxygen atoms in total. The van der Waals surface area contributed by atoms with Gasteiger partial charge in [0.15, 0.2) is 6.79 Å². The zero-order valence-corrected chi connectivity index (χ0v) is 18.9. The Bertz CT molecular complexity index is 1260. The molecule has 1 atom stereocenters. The minimum atomic E-state index is -0.384. The van der Waals surface area contributed by atoms with Crippen LogP contribution in [0.5, 0.6) is 5.75 Å². The van der Waals surface area contributed by atoms with Crippen LogP contribution in [0.25, 0.3) is 10.9 Å². The average Bonchev–Trinajstić information content (AvgIpc) is 3.16. The summed E-state index contributed by atoms with van der Waals surface area (Å²) in [6.07, 6.45) is 1.95. The van der Waals surface area contributed by atoms with Crippen molar-refractivity contribution in [2.45, 2.75) is 19.5 Å². The minimum absolute atomic E-state index is 0. The molecule has 32 heavy (non-hydrogen) atoms. The fraction of sp³-hybridized carbons (Fsp3) is 0.160. The second-order valence-electron chi connectivity index (χ2n) is 7.50. The molecule has 0 spiro atoms. The number of rotatable bonds is 7. The van der Waals surface area contributed by atoms with Crippen molar-refractivity contribution in [1.29, 1.82) is 0 Å². The Morgan fingerprint density at radius 1 is 1.09 bits per heavy atom. The zero-order chi connectivity index (χ0) is 22.7. The van der Waals surface area contributed by atoms with Crippen molar-refractivity contribution in [3.8, 4) is 5.75 Å². The van der Waals surface area contributed by atoms with Crippen LogP contribution >= 0.6 is 23.2 Å². The summed E-state index contributed by atoms with van der Waals surface area (Å²) in [5.41, 5.74) is 3.27. The summed E-state index contributed by atoms with van der Waals surface area (Å²) < 4.78 is 7.08. The summed E-state index contributed by atoms with van der Waals surface area (Å²) in [5.74, 6) is 0.344. The van der Waals surface area contributed by atoms with Crippen molar-refractivity contribution in [3.05, 3.63) is 99.7 Å². The SMILES string of the molecule is C[C@H](NC(=O)c1cc(Cl)cc2ccn(Cc3cccc(Cl)c3)c12)c1ccc(OCO)cc1.[HH]. The molecule has 0 unspecified atom stereocenters. The normalized spacial score (nSPS) is 12.0. The van der Waals surface area contributed by atoms with Crippen LogP contribution in [0.4, 0.5) is 0 Å². The number of aliphatic hydroxyl groups is 1. The monoisotopic (exact) mass is 470 g/mol. The van der Waals surface area contributed by atoms with Gasteiger partial charge < -0.3 is 19.7 Å². The molecule has 0 fully saturated rings. The molecule has 0 aliphatic heterocycles. The first kappa shape index (κ1) is 22.2. The lowest BCUT2D eigenvalue weighted by molar-refractivity contribution is 0.0941. The van der Waals surface area contributed by atoms with Gasteiger partial charge in [-0.05, 0) is 60.5 Å². The third-order valence-corrected chi connectivity index (χ3v) is 5.72. The van der Waals surface area contributed by atoms with Gasteiger partial charge in [0.05, 0.1) is 17.1 Å². The molecule has 4 rings (SSSR count). The molecule has 0 saturated heterocycles. The van der Waals surface area contributed by atoms with Crippen molar-refractivity contribution < 1.29 is 16.1 Å². The van der Waals surface area contributed by atoms with E-state index < -0.39 is 0 Å². The highest BCUT2D eigenvalue weighted by Crippen LogP contribution is 2.27. The number of aromatic nitrogens is 1. The van der Waals surface area contributed by atoms with Gasteiger partial charge in [-0.3, -0.25) is 4.79 Å². The molecule has 2 N–H and O–H groups in total. The van der Waals surface area contributed by atoms with Gasteiger partial charge in [0, 0.05) is 29.6 Å². The highest BCUT2D eigenvalue weighted by Gasteiger charge is 2.18. The summed E-state index contributed by atoms with van der Waals surface area (Å²) in [5, 5.41) is 14.0. The summed E-state index contributed by atoms with van der Waals surface area (Å²) in [6.45, 7) is 2.10. The molecule has 1 amide bonds. The van der Waals surface area contributed by atoms with Crippen LogP contribution < -0.4 is 10.1 Å². The van der Waals surface area contributed by atoms with E-state index in [0.29, 0.717) is 27.9 Å². The Morgan fingerprint density at radius 2 is 1.88 bits per heavy atom. The number of halogens is 2. The summed E-state index contributed by atoms with van der Waals surface area (Å²) in [7, 11) is 0. The van der Waals surface area contributed by atoms with Crippen molar-refractivity contribution in [2.24, 2.45) is 0 Å². The number of amides is 1. The van der Waals surface area contributed by atoms with Gasteiger partial charge >= 0.3 is 0 Å². The van der Waals surface area contributed by atoms with Crippen molar-refractivity contribution in [3.63, 3.8) is 0 Å². The number of ether oxygens (including phenoxy) is 1. The van der Waals surface area contributed by atoms with E-state index in [-0.39, 0.29) is 20.2 Å². The number of benzene rings is 3. The highest BCUT2D eigenvalue weighted by molar-refractivity contribution is 6.32. The van der Waals surface area contributed by atoms with E-state index in [1.165, 1.54) is 0 Å². The number of carbonyl (C=O) groups excluding carboxylic acids is 1. The van der Waals surface area contributed by atoms with Crippen molar-refractivity contribution in [1.82, 2.24) is 9.88 Å². The molecule has 0 aliphatic rings. The van der Waals surface area contributed by atoms with Gasteiger partial charge in [-0.15, -0.1) is 0 Å². The Hall–Kier alpha value is -2.99. The van der Waals surface area contributed by atoms with E-state index in [4.69, 9.17) is 33.0 Å². The third-order valence-electron chi connectivity index (χ3n) is 5.27. The molecule has 3 aromatic carbocycles. The molecule has 166 valence electrons. The number of hydrogen-bond acceptors (Lipinski definition) is 3. The maximum absolute atomic E-state index is 13.3. The molecule has 0 radical (unpaired) electrons. The fourth-order valence-corrected chi connectivity index (χ4v) is 4.17. The van der Waals surface area contributed by atoms with E-state index in [1.807, 2.05) is 66.2 Å². The van der Waals surface area contributed by atoms with Gasteiger partial charge in [-0.2, -0.15) is 0 Å². The van der Waals surface area contributed by atoms with Crippen LogP contribution in [-0.2, 0) is 6.54 Å². The summed E-state index contributed by atoms with van der Waals surface area (Å²) in [6, 6.07) is 20.1. The molecule has 1 heterocycles. The average molecular weight is 471 g/mol. The lowest BCUT2D eigenvalue weighted by atomic mass is 10.1. The van der Waals surface area contributed by atoms with Crippen LogP contribution in [0.3, 0.4) is 0 Å². The highest BCUT2D eigenvalue weighted by atomic mass is 35.5. The van der Waals surface area contributed by atoms with Crippen molar-refractivity contribution >= 4 is 40.0 Å². The van der Waals surface area contributed by atoms with Crippen LogP contribution in [-0.4, -0.2) is 22.4 Å². The molecule has 0 aliphatic carbocycles. The zero-order valence-electron chi connectivity index (χ0n) is 17.4. The molecule has 1 aromatic heterocycles. The number of nitrogens with one attached hydrogen (secondary N) is 1. The topological polar surface area (TPSA) is 63.5 Å². The largest absolute Gasteiger partial charge is 0.468 e. The lowest BCUT2D eigenvalue weighted by Gasteiger charge is -2.17. The Labute approximate surface area is 197 Å². The van der Waals surface area contributed by atoms with E-state index in [0.717, 1.165) is 22.0 Å². The van der Waals surface area contributed by atoms with Gasteiger partial charge in [-0.25, -0.2) is 0 Å². The van der Waals surface area contributed by atoms with Gasteiger partial charge in [0.2, 0.25) is 0 Å². The summed E-state index contributed by atoms with van der Waals surface area (Å²) >= 11 is 12.5. The van der Waals surface area contributed by atoms with Crippen LogP contribution in [0.15, 0.2) is 72.9 Å². The first-order chi connectivity index (χ1) is 15.4. The minimum Gasteiger partial charge on any atom is -0.468 e. The van der Waals surface area contributed by atoms with Crippen molar-refractivity contribution in [2.75, 3.05) is 6.79 Å². The number of nitrogens with zero attached hydrogens (tertiary/aromatic N) is 1. The Kier molecular flexibility index (Phi) is 6.70. The third kappa shape index (κ3) is 4.91. The maximum atomic E-state index is 13.3. The first-order valence-electron chi connectivity index (χ1n) is 10.1. The Morgan fingerprint density at radius 3 is 2.59 bits per heavy atom. The molecule has 4 aromatic rings. The van der Waals surface area contributed by atoms with E-state index in [2.05, 4.69) is 5.32 Å². The van der Waals surface area contributed by atoms with Gasteiger partial charge in [0.25, 0.3) is 5.91 Å². The van der Waals surface area contributed by atoms with Crippen LogP contribution in [0, 0.1) is 0 Å². The van der Waals surface area contributed by atoms with E-state index >= 15 is 0 Å². The van der Waals surface area contributed by atoms with Gasteiger partial charge in [-0.1, -0.05) is 47.5 Å². The second-order valence-corrected chi connectivity index (χ2v) is 8.38. The number of fused-ring (bicyclic) bond motifs is 1. The van der Waals surface area contributed by atoms with Crippen LogP contribution in [0.1, 0.15) is 35.9 Å². The predicted octanol–water partition coefficient (Wildman–Crippen LogP) is 6.06. The van der Waals surface area contributed by atoms with E-state index in [1.54, 1.807) is 18.2 Å². The maximum Gasteiger partial charge on any atom is 0.253 e. The quantitative estimate of drug-likeness (QED) is 0.322. The first-order valence-corrected chi connectivity index (χ1v) is 10.9. The molecule has 7 heteroatoms. The lowest BCUT2D eigenvalue weighted by Crippen LogP contribution is -2.27. The number of hydrogen-bond donors (Lipinski definition) is 2. The van der Waals surface area contributed by atoms with Crippen LogP contribution in [0.2, 0.25) is 10.0 Å².